The van der Waals surface area contributed by atoms with E-state index in [9.17, 15) is 0 Å². The monoisotopic (exact) mass is 178 g/mol. The van der Waals surface area contributed by atoms with Crippen molar-refractivity contribution < 1.29 is 0 Å². The zero-order valence-electron chi connectivity index (χ0n) is 7.26. The van der Waals surface area contributed by atoms with Gasteiger partial charge in [-0.3, -0.25) is 5.41 Å². The molecule has 1 aromatic rings. The molecule has 6 nitrogen and oxygen atoms in total. The highest BCUT2D eigenvalue weighted by Crippen LogP contribution is 2.15. The molecule has 0 spiro atoms. The minimum absolute atomic E-state index is 0.0862. The maximum atomic E-state index is 7.37. The van der Waals surface area contributed by atoms with Crippen molar-refractivity contribution in [3.05, 3.63) is 17.2 Å². The Morgan fingerprint density at radius 3 is 3.00 bits per heavy atom. The predicted octanol–water partition coefficient (Wildman–Crippen LogP) is 0.380. The summed E-state index contributed by atoms with van der Waals surface area (Å²) in [6.45, 7) is 1.53. The van der Waals surface area contributed by atoms with Crippen molar-refractivity contribution in [2.45, 2.75) is 13.1 Å². The molecule has 13 heavy (non-hydrogen) atoms. The van der Waals surface area contributed by atoms with Crippen LogP contribution in [-0.4, -0.2) is 15.4 Å². The largest absolute Gasteiger partial charge is 0.327 e. The van der Waals surface area contributed by atoms with Crippen molar-refractivity contribution in [3.8, 4) is 0 Å². The van der Waals surface area contributed by atoms with Crippen LogP contribution < -0.4 is 5.32 Å². The first-order chi connectivity index (χ1) is 6.24. The van der Waals surface area contributed by atoms with Crippen molar-refractivity contribution >= 4 is 5.84 Å². The Kier molecular flexibility index (Phi) is 1.70. The highest BCUT2D eigenvalue weighted by atomic mass is 15.2. The van der Waals surface area contributed by atoms with Gasteiger partial charge in [-0.05, 0) is 0 Å². The van der Waals surface area contributed by atoms with Crippen LogP contribution in [0, 0.1) is 10.9 Å². The van der Waals surface area contributed by atoms with Crippen LogP contribution >= 0.6 is 0 Å². The Labute approximate surface area is 75.0 Å². The number of nitrogens with one attached hydrogen (secondary N) is 3. The normalized spacial score (nSPS) is 14.2. The Hall–Kier alpha value is -1.56. The van der Waals surface area contributed by atoms with Crippen LogP contribution in [0.3, 0.4) is 0 Å². The summed E-state index contributed by atoms with van der Waals surface area (Å²) < 4.78 is 1.82. The van der Waals surface area contributed by atoms with E-state index in [0.29, 0.717) is 5.82 Å². The van der Waals surface area contributed by atoms with Gasteiger partial charge >= 0.3 is 0 Å². The van der Waals surface area contributed by atoms with E-state index in [1.54, 1.807) is 0 Å². The van der Waals surface area contributed by atoms with Gasteiger partial charge in [0, 0.05) is 20.1 Å². The van der Waals surface area contributed by atoms with E-state index in [0.717, 1.165) is 24.5 Å². The summed E-state index contributed by atoms with van der Waals surface area (Å²) in [5.41, 5.74) is 8.78. The molecule has 1 aromatic heterocycles. The minimum atomic E-state index is -0.0862. The molecule has 3 N–H and O–H groups in total. The quantitative estimate of drug-likeness (QED) is 0.329. The van der Waals surface area contributed by atoms with E-state index in [2.05, 4.69) is 15.4 Å². The molecule has 0 radical (unpaired) electrons. The molecule has 0 bridgehead atoms. The first-order valence-electron chi connectivity index (χ1n) is 3.95. The average molecular weight is 178 g/mol. The fraction of sp³-hybridized carbons (Fsp3) is 0.429. The van der Waals surface area contributed by atoms with Gasteiger partial charge in [0.2, 0.25) is 5.84 Å². The molecule has 6 heteroatoms. The van der Waals surface area contributed by atoms with Crippen molar-refractivity contribution in [3.63, 3.8) is 0 Å². The number of amidine groups is 1. The fourth-order valence-corrected chi connectivity index (χ4v) is 1.51. The first-order valence-corrected chi connectivity index (χ1v) is 3.95. The van der Waals surface area contributed by atoms with E-state index in [-0.39, 0.29) is 5.84 Å². The van der Waals surface area contributed by atoms with Crippen molar-refractivity contribution in [2.75, 3.05) is 0 Å². The summed E-state index contributed by atoms with van der Waals surface area (Å²) in [6.07, 6.45) is 0. The Morgan fingerprint density at radius 1 is 1.62 bits per heavy atom. The molecular weight excluding hydrogens is 168 g/mol. The fourth-order valence-electron chi connectivity index (χ4n) is 1.51. The van der Waals surface area contributed by atoms with E-state index in [1.807, 2.05) is 11.6 Å². The summed E-state index contributed by atoms with van der Waals surface area (Å²) in [4.78, 5) is 4.22. The van der Waals surface area contributed by atoms with Gasteiger partial charge in [0.25, 0.3) is 0 Å². The molecule has 0 atom stereocenters. The molecule has 0 saturated carbocycles. The second kappa shape index (κ2) is 2.74. The third-order valence-corrected chi connectivity index (χ3v) is 2.21. The lowest BCUT2D eigenvalue weighted by Crippen LogP contribution is -2.11. The van der Waals surface area contributed by atoms with Gasteiger partial charge in [0.05, 0.1) is 11.4 Å². The number of aromatic nitrogens is 2. The lowest BCUT2D eigenvalue weighted by molar-refractivity contribution is 0.708. The van der Waals surface area contributed by atoms with Gasteiger partial charge in [-0.15, -0.1) is 5.11 Å². The zero-order valence-corrected chi connectivity index (χ0v) is 7.26. The van der Waals surface area contributed by atoms with Crippen LogP contribution in [0.1, 0.15) is 17.2 Å². The zero-order chi connectivity index (χ0) is 9.42. The number of hydrogen-bond acceptors (Lipinski definition) is 4. The molecule has 2 heterocycles. The van der Waals surface area contributed by atoms with Crippen LogP contribution in [-0.2, 0) is 20.1 Å². The number of rotatable bonds is 1. The van der Waals surface area contributed by atoms with Gasteiger partial charge in [-0.1, -0.05) is 0 Å². The lowest BCUT2D eigenvalue weighted by atomic mass is 10.4. The van der Waals surface area contributed by atoms with Crippen molar-refractivity contribution in [1.82, 2.24) is 14.9 Å². The minimum Gasteiger partial charge on any atom is -0.327 e. The maximum Gasteiger partial charge on any atom is 0.209 e. The summed E-state index contributed by atoms with van der Waals surface area (Å²) in [5.74, 6) is 0.387. The van der Waals surface area contributed by atoms with E-state index in [4.69, 9.17) is 10.9 Å². The summed E-state index contributed by atoms with van der Waals surface area (Å²) in [6, 6.07) is 0. The maximum absolute atomic E-state index is 7.37. The van der Waals surface area contributed by atoms with E-state index in [1.165, 1.54) is 0 Å². The SMILES string of the molecule is Cn1c(C(=N)N=N)nc2c1CNC2. The van der Waals surface area contributed by atoms with E-state index < -0.39 is 0 Å². The number of nitrogens with zero attached hydrogens (tertiary/aromatic N) is 3. The average Bonchev–Trinajstić information content (AvgIpc) is 2.68. The summed E-state index contributed by atoms with van der Waals surface area (Å²) >= 11 is 0. The third-order valence-electron chi connectivity index (χ3n) is 2.21. The Bertz CT molecular complexity index is 377. The molecule has 2 rings (SSSR count). The predicted molar refractivity (Wildman–Crippen MR) is 45.7 cm³/mol. The summed E-state index contributed by atoms with van der Waals surface area (Å²) in [5, 5.41) is 13.6. The summed E-state index contributed by atoms with van der Waals surface area (Å²) in [7, 11) is 1.84. The van der Waals surface area contributed by atoms with Gasteiger partial charge in [0.15, 0.2) is 5.82 Å². The van der Waals surface area contributed by atoms with Gasteiger partial charge < -0.3 is 9.88 Å². The highest BCUT2D eigenvalue weighted by molar-refractivity contribution is 5.93. The van der Waals surface area contributed by atoms with Crippen molar-refractivity contribution in [2.24, 2.45) is 12.2 Å². The molecule has 0 saturated heterocycles. The number of imidazole rings is 1. The van der Waals surface area contributed by atoms with Crippen LogP contribution in [0.5, 0.6) is 0 Å². The molecule has 68 valence electrons. The molecule has 1 aliphatic heterocycles. The number of fused-ring (bicyclic) bond motifs is 1. The smallest absolute Gasteiger partial charge is 0.209 e. The molecular formula is C7H10N6. The van der Waals surface area contributed by atoms with Crippen LogP contribution in [0.15, 0.2) is 5.11 Å². The Balaban J connectivity index is 2.50. The lowest BCUT2D eigenvalue weighted by Gasteiger charge is -2.00. The molecule has 0 fully saturated rings. The Morgan fingerprint density at radius 2 is 2.38 bits per heavy atom. The van der Waals surface area contributed by atoms with Gasteiger partial charge in [-0.25, -0.2) is 10.5 Å². The van der Waals surface area contributed by atoms with Crippen LogP contribution in [0.4, 0.5) is 0 Å². The van der Waals surface area contributed by atoms with Gasteiger partial charge in [0.1, 0.15) is 0 Å². The molecule has 1 aliphatic rings. The van der Waals surface area contributed by atoms with Gasteiger partial charge in [-0.2, -0.15) is 0 Å². The number of hydrogen-bond donors (Lipinski definition) is 3. The molecule has 0 aromatic carbocycles. The van der Waals surface area contributed by atoms with E-state index >= 15 is 0 Å². The first kappa shape index (κ1) is 8.06. The second-order valence-corrected chi connectivity index (χ2v) is 2.95. The van der Waals surface area contributed by atoms with Crippen molar-refractivity contribution in [1.29, 1.82) is 10.9 Å². The standard InChI is InChI=1S/C7H10N6/c1-13-5-3-10-2-4(5)11-7(13)6(8)12-9/h8-10H,2-3H2,1H3. The molecule has 0 aliphatic carbocycles. The highest BCUT2D eigenvalue weighted by Gasteiger charge is 2.20. The molecule has 0 unspecified atom stereocenters. The molecule has 0 amide bonds. The topological polar surface area (TPSA) is 89.9 Å². The third kappa shape index (κ3) is 1.06. The van der Waals surface area contributed by atoms with Crippen LogP contribution in [0.25, 0.3) is 0 Å². The van der Waals surface area contributed by atoms with Crippen LogP contribution in [0.2, 0.25) is 0 Å². The second-order valence-electron chi connectivity index (χ2n) is 2.95.